The SMILES string of the molecule is O=C1NC(=O)C(CCc2ccccc2)(C2CCN(Cc3ccc4c(c3)OCO4)CC2)N1. The minimum atomic E-state index is -0.822. The lowest BCUT2D eigenvalue weighted by Crippen LogP contribution is -2.56. The molecule has 1 atom stereocenters. The van der Waals surface area contributed by atoms with Gasteiger partial charge in [0.1, 0.15) is 5.54 Å². The monoisotopic (exact) mass is 421 g/mol. The maximum absolute atomic E-state index is 12.9. The van der Waals surface area contributed by atoms with Crippen LogP contribution in [0, 0.1) is 5.92 Å². The van der Waals surface area contributed by atoms with Crippen LogP contribution < -0.4 is 20.1 Å². The highest BCUT2D eigenvalue weighted by molar-refractivity contribution is 6.07. The summed E-state index contributed by atoms with van der Waals surface area (Å²) in [6, 6.07) is 15.8. The highest BCUT2D eigenvalue weighted by Crippen LogP contribution is 2.36. The number of hydrogen-bond donors (Lipinski definition) is 2. The van der Waals surface area contributed by atoms with Crippen molar-refractivity contribution in [2.45, 2.75) is 37.8 Å². The summed E-state index contributed by atoms with van der Waals surface area (Å²) in [6.45, 7) is 2.88. The van der Waals surface area contributed by atoms with E-state index in [1.165, 1.54) is 11.1 Å². The second-order valence-electron chi connectivity index (χ2n) is 8.60. The van der Waals surface area contributed by atoms with Gasteiger partial charge in [0.25, 0.3) is 5.91 Å². The third-order valence-corrected chi connectivity index (χ3v) is 6.75. The van der Waals surface area contributed by atoms with Crippen molar-refractivity contribution in [2.75, 3.05) is 19.9 Å². The van der Waals surface area contributed by atoms with Crippen LogP contribution in [-0.2, 0) is 17.8 Å². The predicted octanol–water partition coefficient (Wildman–Crippen LogP) is 2.84. The first-order valence-corrected chi connectivity index (χ1v) is 10.9. The van der Waals surface area contributed by atoms with Gasteiger partial charge >= 0.3 is 6.03 Å². The second-order valence-corrected chi connectivity index (χ2v) is 8.60. The van der Waals surface area contributed by atoms with Crippen LogP contribution in [0.25, 0.3) is 0 Å². The van der Waals surface area contributed by atoms with E-state index in [2.05, 4.69) is 33.7 Å². The van der Waals surface area contributed by atoms with Crippen LogP contribution in [0.15, 0.2) is 48.5 Å². The number of ether oxygens (including phenoxy) is 2. The summed E-state index contributed by atoms with van der Waals surface area (Å²) in [4.78, 5) is 27.3. The highest BCUT2D eigenvalue weighted by atomic mass is 16.7. The molecule has 0 saturated carbocycles. The van der Waals surface area contributed by atoms with Crippen molar-refractivity contribution >= 4 is 11.9 Å². The van der Waals surface area contributed by atoms with E-state index in [4.69, 9.17) is 9.47 Å². The van der Waals surface area contributed by atoms with Crippen LogP contribution in [0.4, 0.5) is 4.79 Å². The van der Waals surface area contributed by atoms with E-state index in [1.54, 1.807) is 0 Å². The van der Waals surface area contributed by atoms with E-state index in [9.17, 15) is 9.59 Å². The van der Waals surface area contributed by atoms with E-state index in [0.29, 0.717) is 6.42 Å². The molecular weight excluding hydrogens is 394 g/mol. The Labute approximate surface area is 181 Å². The van der Waals surface area contributed by atoms with Crippen molar-refractivity contribution in [1.82, 2.24) is 15.5 Å². The quantitative estimate of drug-likeness (QED) is 0.701. The van der Waals surface area contributed by atoms with Crippen molar-refractivity contribution in [1.29, 1.82) is 0 Å². The molecule has 31 heavy (non-hydrogen) atoms. The van der Waals surface area contributed by atoms with E-state index in [1.807, 2.05) is 30.3 Å². The minimum Gasteiger partial charge on any atom is -0.454 e. The molecule has 5 rings (SSSR count). The molecule has 2 N–H and O–H groups in total. The van der Waals surface area contributed by atoms with Gasteiger partial charge in [-0.25, -0.2) is 4.79 Å². The maximum atomic E-state index is 12.9. The first-order chi connectivity index (χ1) is 15.1. The van der Waals surface area contributed by atoms with Gasteiger partial charge in [-0.1, -0.05) is 36.4 Å². The summed E-state index contributed by atoms with van der Waals surface area (Å²) in [7, 11) is 0. The topological polar surface area (TPSA) is 79.9 Å². The van der Waals surface area contributed by atoms with Crippen molar-refractivity contribution in [3.63, 3.8) is 0 Å². The Balaban J connectivity index is 1.24. The fraction of sp³-hybridized carbons (Fsp3) is 0.417. The van der Waals surface area contributed by atoms with Gasteiger partial charge in [-0.2, -0.15) is 0 Å². The van der Waals surface area contributed by atoms with E-state index >= 15 is 0 Å². The van der Waals surface area contributed by atoms with Crippen molar-refractivity contribution in [2.24, 2.45) is 5.92 Å². The lowest BCUT2D eigenvalue weighted by Gasteiger charge is -2.40. The third-order valence-electron chi connectivity index (χ3n) is 6.75. The average Bonchev–Trinajstić information content (AvgIpc) is 3.37. The van der Waals surface area contributed by atoms with Crippen molar-refractivity contribution < 1.29 is 19.1 Å². The second kappa shape index (κ2) is 8.23. The first kappa shape index (κ1) is 19.9. The zero-order chi connectivity index (χ0) is 21.3. The molecule has 2 saturated heterocycles. The van der Waals surface area contributed by atoms with E-state index in [0.717, 1.165) is 50.4 Å². The lowest BCUT2D eigenvalue weighted by molar-refractivity contribution is -0.127. The Morgan fingerprint density at radius 2 is 1.74 bits per heavy atom. The zero-order valence-corrected chi connectivity index (χ0v) is 17.4. The van der Waals surface area contributed by atoms with Crippen LogP contribution in [0.5, 0.6) is 11.5 Å². The van der Waals surface area contributed by atoms with E-state index < -0.39 is 5.54 Å². The van der Waals surface area contributed by atoms with Crippen LogP contribution in [0.1, 0.15) is 30.4 Å². The number of carbonyl (C=O) groups excluding carboxylic acids is 2. The summed E-state index contributed by atoms with van der Waals surface area (Å²) < 4.78 is 10.9. The van der Waals surface area contributed by atoms with Gasteiger partial charge < -0.3 is 14.8 Å². The number of rotatable bonds is 6. The number of likely N-dealkylation sites (tertiary alicyclic amines) is 1. The normalized spacial score (nSPS) is 23.6. The molecule has 7 heteroatoms. The number of nitrogens with one attached hydrogen (secondary N) is 2. The molecule has 3 aliphatic heterocycles. The summed E-state index contributed by atoms with van der Waals surface area (Å²) in [5.41, 5.74) is 1.54. The van der Waals surface area contributed by atoms with Crippen LogP contribution in [0.3, 0.4) is 0 Å². The standard InChI is InChI=1S/C24H27N3O4/c28-22-24(26-23(29)25-22,11-8-17-4-2-1-3-5-17)19-9-12-27(13-10-19)15-18-6-7-20-21(14-18)31-16-30-20/h1-7,14,19H,8-13,15-16H2,(H2,25,26,28,29). The number of hydrogen-bond acceptors (Lipinski definition) is 5. The maximum Gasteiger partial charge on any atom is 0.322 e. The molecule has 2 fully saturated rings. The van der Waals surface area contributed by atoms with Gasteiger partial charge in [0.2, 0.25) is 6.79 Å². The number of benzene rings is 2. The molecule has 2 aromatic rings. The van der Waals surface area contributed by atoms with Gasteiger partial charge in [0.15, 0.2) is 11.5 Å². The Hall–Kier alpha value is -3.06. The number of nitrogens with zero attached hydrogens (tertiary/aromatic N) is 1. The molecule has 0 aromatic heterocycles. The summed E-state index contributed by atoms with van der Waals surface area (Å²) in [5, 5.41) is 5.49. The molecule has 0 bridgehead atoms. The van der Waals surface area contributed by atoms with Gasteiger partial charge in [-0.15, -0.1) is 0 Å². The van der Waals surface area contributed by atoms with Crippen LogP contribution in [-0.4, -0.2) is 42.3 Å². The Morgan fingerprint density at radius 3 is 2.48 bits per heavy atom. The fourth-order valence-corrected chi connectivity index (χ4v) is 5.04. The summed E-state index contributed by atoms with van der Waals surface area (Å²) in [5.74, 6) is 1.54. The first-order valence-electron chi connectivity index (χ1n) is 10.9. The molecule has 0 aliphatic carbocycles. The molecule has 7 nitrogen and oxygen atoms in total. The molecule has 0 spiro atoms. The molecule has 3 heterocycles. The average molecular weight is 421 g/mol. The largest absolute Gasteiger partial charge is 0.454 e. The summed E-state index contributed by atoms with van der Waals surface area (Å²) >= 11 is 0. The number of aryl methyl sites for hydroxylation is 1. The molecule has 3 amide bonds. The third kappa shape index (κ3) is 3.97. The molecule has 3 aliphatic rings. The molecule has 162 valence electrons. The molecule has 1 unspecified atom stereocenters. The Kier molecular flexibility index (Phi) is 5.28. The van der Waals surface area contributed by atoms with Crippen LogP contribution in [0.2, 0.25) is 0 Å². The number of carbonyl (C=O) groups is 2. The smallest absolute Gasteiger partial charge is 0.322 e. The fourth-order valence-electron chi connectivity index (χ4n) is 5.04. The van der Waals surface area contributed by atoms with E-state index in [-0.39, 0.29) is 24.6 Å². The predicted molar refractivity (Wildman–Crippen MR) is 115 cm³/mol. The lowest BCUT2D eigenvalue weighted by atomic mass is 9.74. The molecule has 0 radical (unpaired) electrons. The number of piperidine rings is 1. The molecule has 2 aromatic carbocycles. The van der Waals surface area contributed by atoms with Gasteiger partial charge in [-0.3, -0.25) is 15.0 Å². The van der Waals surface area contributed by atoms with Gasteiger partial charge in [-0.05, 0) is 68.0 Å². The Bertz CT molecular complexity index is 972. The number of amides is 3. The van der Waals surface area contributed by atoms with Crippen molar-refractivity contribution in [3.8, 4) is 11.5 Å². The highest BCUT2D eigenvalue weighted by Gasteiger charge is 2.51. The van der Waals surface area contributed by atoms with Crippen LogP contribution >= 0.6 is 0 Å². The minimum absolute atomic E-state index is 0.121. The van der Waals surface area contributed by atoms with Gasteiger partial charge in [0, 0.05) is 6.54 Å². The number of fused-ring (bicyclic) bond motifs is 1. The number of urea groups is 1. The number of imide groups is 1. The Morgan fingerprint density at radius 1 is 0.968 bits per heavy atom. The molecular formula is C24H27N3O4. The summed E-state index contributed by atoms with van der Waals surface area (Å²) in [6.07, 6.45) is 3.10. The van der Waals surface area contributed by atoms with Gasteiger partial charge in [0.05, 0.1) is 0 Å². The zero-order valence-electron chi connectivity index (χ0n) is 17.4. The van der Waals surface area contributed by atoms with Crippen molar-refractivity contribution in [3.05, 3.63) is 59.7 Å².